The maximum absolute atomic E-state index is 13.5. The highest BCUT2D eigenvalue weighted by molar-refractivity contribution is 5.98. The van der Waals surface area contributed by atoms with Crippen LogP contribution >= 0.6 is 0 Å². The Hall–Kier alpha value is -1.29. The predicted octanol–water partition coefficient (Wildman–Crippen LogP) is 3.02. The van der Waals surface area contributed by atoms with Crippen LogP contribution in [0.3, 0.4) is 0 Å². The van der Waals surface area contributed by atoms with Gasteiger partial charge in [-0.2, -0.15) is 0 Å². The normalized spacial score (nSPS) is 19.1. The number of hydrogen-bond acceptors (Lipinski definition) is 2. The van der Waals surface area contributed by atoms with E-state index < -0.39 is 23.0 Å². The zero-order valence-electron chi connectivity index (χ0n) is 10.7. The van der Waals surface area contributed by atoms with Gasteiger partial charge in [-0.15, -0.1) is 0 Å². The van der Waals surface area contributed by atoms with E-state index in [1.54, 1.807) is 0 Å². The van der Waals surface area contributed by atoms with E-state index in [1.165, 1.54) is 6.07 Å². The standard InChI is InChI=1S/C14H17F2NO/c1-14(2)7-4-8-17(14)9-12(18)13-10(15)5-3-6-11(13)16/h3,5-6H,4,7-9H2,1-2H3. The molecule has 18 heavy (non-hydrogen) atoms. The zero-order valence-corrected chi connectivity index (χ0v) is 10.7. The SMILES string of the molecule is CC1(C)CCCN1CC(=O)c1c(F)cccc1F. The molecule has 2 nitrogen and oxygen atoms in total. The van der Waals surface area contributed by atoms with Crippen LogP contribution in [-0.2, 0) is 0 Å². The minimum atomic E-state index is -0.781. The molecular formula is C14H17F2NO. The summed E-state index contributed by atoms with van der Waals surface area (Å²) >= 11 is 0. The highest BCUT2D eigenvalue weighted by Gasteiger charge is 2.33. The number of ketones is 1. The molecule has 2 rings (SSSR count). The van der Waals surface area contributed by atoms with Crippen molar-refractivity contribution in [1.82, 2.24) is 4.90 Å². The molecule has 1 saturated heterocycles. The molecule has 0 saturated carbocycles. The van der Waals surface area contributed by atoms with Crippen molar-refractivity contribution in [1.29, 1.82) is 0 Å². The second kappa shape index (κ2) is 4.76. The fourth-order valence-corrected chi connectivity index (χ4v) is 2.47. The zero-order chi connectivity index (χ0) is 13.3. The molecule has 0 aromatic heterocycles. The molecule has 98 valence electrons. The fraction of sp³-hybridized carbons (Fsp3) is 0.500. The molecule has 1 heterocycles. The van der Waals surface area contributed by atoms with Crippen molar-refractivity contribution in [2.24, 2.45) is 0 Å². The third-order valence-electron chi connectivity index (χ3n) is 3.65. The van der Waals surface area contributed by atoms with Crippen LogP contribution in [0.15, 0.2) is 18.2 Å². The van der Waals surface area contributed by atoms with Crippen LogP contribution in [0.1, 0.15) is 37.0 Å². The Labute approximate surface area is 106 Å². The summed E-state index contributed by atoms with van der Waals surface area (Å²) in [5.74, 6) is -2.05. The molecule has 0 amide bonds. The lowest BCUT2D eigenvalue weighted by Gasteiger charge is -2.30. The third kappa shape index (κ3) is 2.43. The number of Topliss-reactive ketones (excluding diaryl/α,β-unsaturated/α-hetero) is 1. The Morgan fingerprint density at radius 3 is 2.44 bits per heavy atom. The van der Waals surface area contributed by atoms with E-state index in [0.29, 0.717) is 0 Å². The van der Waals surface area contributed by atoms with Crippen molar-refractivity contribution in [2.45, 2.75) is 32.2 Å². The van der Waals surface area contributed by atoms with Crippen LogP contribution < -0.4 is 0 Å². The molecule has 0 atom stereocenters. The van der Waals surface area contributed by atoms with Gasteiger partial charge < -0.3 is 0 Å². The average Bonchev–Trinajstić information content (AvgIpc) is 2.58. The quantitative estimate of drug-likeness (QED) is 0.772. The highest BCUT2D eigenvalue weighted by Crippen LogP contribution is 2.28. The summed E-state index contributed by atoms with van der Waals surface area (Å²) in [5, 5.41) is 0. The molecular weight excluding hydrogens is 236 g/mol. The Bertz CT molecular complexity index is 451. The number of rotatable bonds is 3. The molecule has 0 spiro atoms. The second-order valence-electron chi connectivity index (χ2n) is 5.36. The van der Waals surface area contributed by atoms with E-state index in [9.17, 15) is 13.6 Å². The smallest absolute Gasteiger partial charge is 0.182 e. The largest absolute Gasteiger partial charge is 0.292 e. The molecule has 0 bridgehead atoms. The Morgan fingerprint density at radius 2 is 1.94 bits per heavy atom. The van der Waals surface area contributed by atoms with Gasteiger partial charge in [-0.05, 0) is 45.4 Å². The van der Waals surface area contributed by atoms with Gasteiger partial charge in [-0.25, -0.2) is 8.78 Å². The van der Waals surface area contributed by atoms with Gasteiger partial charge in [-0.1, -0.05) is 6.07 Å². The number of carbonyl (C=O) groups excluding carboxylic acids is 1. The summed E-state index contributed by atoms with van der Waals surface area (Å²) in [6.07, 6.45) is 2.01. The maximum Gasteiger partial charge on any atom is 0.182 e. The van der Waals surface area contributed by atoms with Gasteiger partial charge in [-0.3, -0.25) is 9.69 Å². The summed E-state index contributed by atoms with van der Waals surface area (Å²) in [4.78, 5) is 14.0. The minimum Gasteiger partial charge on any atom is -0.292 e. The molecule has 0 N–H and O–H groups in total. The lowest BCUT2D eigenvalue weighted by atomic mass is 10.0. The van der Waals surface area contributed by atoms with E-state index in [-0.39, 0.29) is 12.1 Å². The Morgan fingerprint density at radius 1 is 1.33 bits per heavy atom. The summed E-state index contributed by atoms with van der Waals surface area (Å²) in [5.41, 5.74) is -0.489. The number of nitrogens with zero attached hydrogens (tertiary/aromatic N) is 1. The van der Waals surface area contributed by atoms with E-state index >= 15 is 0 Å². The second-order valence-corrected chi connectivity index (χ2v) is 5.36. The van der Waals surface area contributed by atoms with Crippen LogP contribution in [0, 0.1) is 11.6 Å². The van der Waals surface area contributed by atoms with Gasteiger partial charge in [0, 0.05) is 5.54 Å². The highest BCUT2D eigenvalue weighted by atomic mass is 19.1. The first kappa shape index (κ1) is 13.1. The van der Waals surface area contributed by atoms with Gasteiger partial charge in [0.25, 0.3) is 0 Å². The van der Waals surface area contributed by atoms with Crippen LogP contribution in [-0.4, -0.2) is 29.3 Å². The van der Waals surface area contributed by atoms with Crippen molar-refractivity contribution in [3.63, 3.8) is 0 Å². The molecule has 0 aliphatic carbocycles. The molecule has 1 aliphatic heterocycles. The van der Waals surface area contributed by atoms with Crippen LogP contribution in [0.25, 0.3) is 0 Å². The van der Waals surface area contributed by atoms with E-state index in [2.05, 4.69) is 0 Å². The number of likely N-dealkylation sites (tertiary alicyclic amines) is 1. The minimum absolute atomic E-state index is 0.0720. The van der Waals surface area contributed by atoms with E-state index in [0.717, 1.165) is 31.5 Å². The van der Waals surface area contributed by atoms with E-state index in [4.69, 9.17) is 0 Å². The first-order chi connectivity index (χ1) is 8.42. The summed E-state index contributed by atoms with van der Waals surface area (Å²) in [6.45, 7) is 4.97. The molecule has 1 aliphatic rings. The lowest BCUT2D eigenvalue weighted by Crippen LogP contribution is -2.41. The van der Waals surface area contributed by atoms with Gasteiger partial charge in [0.1, 0.15) is 11.6 Å². The molecule has 1 fully saturated rings. The number of benzene rings is 1. The molecule has 0 radical (unpaired) electrons. The van der Waals surface area contributed by atoms with Crippen molar-refractivity contribution in [3.05, 3.63) is 35.4 Å². The predicted molar refractivity (Wildman–Crippen MR) is 65.6 cm³/mol. The van der Waals surface area contributed by atoms with Crippen LogP contribution in [0.2, 0.25) is 0 Å². The van der Waals surface area contributed by atoms with Crippen molar-refractivity contribution in [2.75, 3.05) is 13.1 Å². The first-order valence-electron chi connectivity index (χ1n) is 6.14. The fourth-order valence-electron chi connectivity index (χ4n) is 2.47. The summed E-state index contributed by atoms with van der Waals surface area (Å²) < 4.78 is 27.0. The van der Waals surface area contributed by atoms with Crippen molar-refractivity contribution >= 4 is 5.78 Å². The molecule has 0 unspecified atom stereocenters. The first-order valence-corrected chi connectivity index (χ1v) is 6.14. The van der Waals surface area contributed by atoms with E-state index in [1.807, 2.05) is 18.7 Å². The summed E-state index contributed by atoms with van der Waals surface area (Å²) in [7, 11) is 0. The number of halogens is 2. The number of carbonyl (C=O) groups is 1. The Kier molecular flexibility index (Phi) is 3.48. The Balaban J connectivity index is 2.18. The maximum atomic E-state index is 13.5. The summed E-state index contributed by atoms with van der Waals surface area (Å²) in [6, 6.07) is 3.50. The third-order valence-corrected chi connectivity index (χ3v) is 3.65. The average molecular weight is 253 g/mol. The van der Waals surface area contributed by atoms with Crippen LogP contribution in [0.4, 0.5) is 8.78 Å². The topological polar surface area (TPSA) is 20.3 Å². The van der Waals surface area contributed by atoms with Gasteiger partial charge in [0.05, 0.1) is 12.1 Å². The van der Waals surface area contributed by atoms with Gasteiger partial charge >= 0.3 is 0 Å². The molecule has 4 heteroatoms. The lowest BCUT2D eigenvalue weighted by molar-refractivity contribution is 0.0863. The van der Waals surface area contributed by atoms with Crippen molar-refractivity contribution < 1.29 is 13.6 Å². The van der Waals surface area contributed by atoms with Crippen LogP contribution in [0.5, 0.6) is 0 Å². The molecule has 1 aromatic rings. The monoisotopic (exact) mass is 253 g/mol. The van der Waals surface area contributed by atoms with Gasteiger partial charge in [0.15, 0.2) is 5.78 Å². The molecule has 1 aromatic carbocycles. The van der Waals surface area contributed by atoms with Crippen molar-refractivity contribution in [3.8, 4) is 0 Å². The number of hydrogen-bond donors (Lipinski definition) is 0. The van der Waals surface area contributed by atoms with Gasteiger partial charge in [0.2, 0.25) is 0 Å².